The molecule has 0 aliphatic rings. The quantitative estimate of drug-likeness (QED) is 0.437. The number of rotatable bonds is 3. The average molecular weight is 334 g/mol. The molecule has 98 valence electrons. The van der Waals surface area contributed by atoms with E-state index in [1.54, 1.807) is 12.1 Å². The monoisotopic (exact) mass is 332 g/mol. The fourth-order valence-corrected chi connectivity index (χ4v) is 2.11. The molecule has 2 aromatic rings. The van der Waals surface area contributed by atoms with Crippen LogP contribution in [-0.4, -0.2) is 5.17 Å². The molecule has 0 saturated carbocycles. The summed E-state index contributed by atoms with van der Waals surface area (Å²) in [6, 6.07) is 12.7. The summed E-state index contributed by atoms with van der Waals surface area (Å²) in [6.45, 7) is 0. The lowest BCUT2D eigenvalue weighted by Gasteiger charge is -2.07. The molecule has 0 fully saturated rings. The van der Waals surface area contributed by atoms with Gasteiger partial charge >= 0.3 is 0 Å². The molecule has 0 saturated heterocycles. The van der Waals surface area contributed by atoms with Gasteiger partial charge in [-0.05, 0) is 12.1 Å². The summed E-state index contributed by atoms with van der Waals surface area (Å²) in [5.74, 6) is 0. The first-order chi connectivity index (χ1) is 9.09. The maximum Gasteiger partial charge on any atom is 0.156 e. The molecule has 6 heteroatoms. The Hall–Kier alpha value is -0.930. The van der Waals surface area contributed by atoms with E-state index in [1.807, 2.05) is 30.3 Å². The SMILES string of the molecule is Cl/C(=N\Nc1ccc(Cl)c(Cl)c1Cl)c1ccccc1. The van der Waals surface area contributed by atoms with Gasteiger partial charge in [0.2, 0.25) is 0 Å². The first-order valence-corrected chi connectivity index (χ1v) is 6.79. The van der Waals surface area contributed by atoms with Crippen molar-refractivity contribution in [3.8, 4) is 0 Å². The van der Waals surface area contributed by atoms with Gasteiger partial charge in [-0.1, -0.05) is 76.7 Å². The van der Waals surface area contributed by atoms with Crippen LogP contribution >= 0.6 is 46.4 Å². The fraction of sp³-hybridized carbons (Fsp3) is 0. The second-order valence-corrected chi connectivity index (χ2v) is 5.12. The van der Waals surface area contributed by atoms with Gasteiger partial charge in [-0.15, -0.1) is 0 Å². The third kappa shape index (κ3) is 3.54. The number of hydrogen-bond donors (Lipinski definition) is 1. The van der Waals surface area contributed by atoms with Crippen molar-refractivity contribution in [3.63, 3.8) is 0 Å². The number of halogens is 4. The highest BCUT2D eigenvalue weighted by Crippen LogP contribution is 2.35. The van der Waals surface area contributed by atoms with E-state index in [0.717, 1.165) is 5.56 Å². The maximum absolute atomic E-state index is 6.06. The second-order valence-electron chi connectivity index (χ2n) is 3.60. The number of nitrogens with zero attached hydrogens (tertiary/aromatic N) is 1. The standard InChI is InChI=1S/C13H8Cl4N2/c14-9-6-7-10(12(16)11(9)15)18-19-13(17)8-4-2-1-3-5-8/h1-7,18H/b19-13-. The Morgan fingerprint density at radius 3 is 2.26 bits per heavy atom. The first-order valence-electron chi connectivity index (χ1n) is 5.27. The van der Waals surface area contributed by atoms with Gasteiger partial charge < -0.3 is 0 Å². The summed E-state index contributed by atoms with van der Waals surface area (Å²) in [5, 5.41) is 5.33. The van der Waals surface area contributed by atoms with Crippen LogP contribution in [-0.2, 0) is 0 Å². The molecule has 0 amide bonds. The summed E-state index contributed by atoms with van der Waals surface area (Å²) >= 11 is 23.9. The van der Waals surface area contributed by atoms with Gasteiger partial charge in [0.1, 0.15) is 0 Å². The van der Waals surface area contributed by atoms with Crippen molar-refractivity contribution >= 4 is 57.3 Å². The van der Waals surface area contributed by atoms with Crippen LogP contribution in [0.2, 0.25) is 15.1 Å². The highest BCUT2D eigenvalue weighted by Gasteiger charge is 2.08. The predicted molar refractivity (Wildman–Crippen MR) is 83.9 cm³/mol. The number of benzene rings is 2. The van der Waals surface area contributed by atoms with Crippen molar-refractivity contribution < 1.29 is 0 Å². The van der Waals surface area contributed by atoms with E-state index in [4.69, 9.17) is 46.4 Å². The highest BCUT2D eigenvalue weighted by atomic mass is 35.5. The van der Waals surface area contributed by atoms with E-state index in [-0.39, 0.29) is 5.02 Å². The first kappa shape index (κ1) is 14.5. The summed E-state index contributed by atoms with van der Waals surface area (Å²) in [4.78, 5) is 0. The molecule has 19 heavy (non-hydrogen) atoms. The molecule has 0 heterocycles. The molecular formula is C13H8Cl4N2. The van der Waals surface area contributed by atoms with Gasteiger partial charge in [0.15, 0.2) is 5.17 Å². The van der Waals surface area contributed by atoms with E-state index < -0.39 is 0 Å². The highest BCUT2D eigenvalue weighted by molar-refractivity contribution is 6.69. The molecule has 1 N–H and O–H groups in total. The molecule has 0 aliphatic heterocycles. The van der Waals surface area contributed by atoms with Crippen molar-refractivity contribution in [2.45, 2.75) is 0 Å². The lowest BCUT2D eigenvalue weighted by atomic mass is 10.2. The Labute approximate surface area is 130 Å². The van der Waals surface area contributed by atoms with Gasteiger partial charge in [0, 0.05) is 5.56 Å². The molecule has 2 aromatic carbocycles. The summed E-state index contributed by atoms with van der Waals surface area (Å²) in [5.41, 5.74) is 4.09. The normalized spacial score (nSPS) is 11.5. The van der Waals surface area contributed by atoms with Crippen molar-refractivity contribution in [2.75, 3.05) is 5.43 Å². The molecule has 0 atom stereocenters. The third-order valence-corrected chi connectivity index (χ3v) is 3.92. The Morgan fingerprint density at radius 1 is 0.895 bits per heavy atom. The zero-order valence-corrected chi connectivity index (χ0v) is 12.5. The van der Waals surface area contributed by atoms with Crippen LogP contribution in [0.4, 0.5) is 5.69 Å². The summed E-state index contributed by atoms with van der Waals surface area (Å²) in [7, 11) is 0. The van der Waals surface area contributed by atoms with Crippen molar-refractivity contribution in [3.05, 3.63) is 63.1 Å². The molecule has 0 unspecified atom stereocenters. The lowest BCUT2D eigenvalue weighted by Crippen LogP contribution is -1.97. The minimum absolute atomic E-state index is 0.277. The van der Waals surface area contributed by atoms with E-state index in [2.05, 4.69) is 10.5 Å². The molecule has 2 rings (SSSR count). The van der Waals surface area contributed by atoms with Crippen molar-refractivity contribution in [1.82, 2.24) is 0 Å². The van der Waals surface area contributed by atoms with Crippen LogP contribution in [0.5, 0.6) is 0 Å². The van der Waals surface area contributed by atoms with E-state index in [9.17, 15) is 0 Å². The average Bonchev–Trinajstić information content (AvgIpc) is 2.45. The molecular weight excluding hydrogens is 326 g/mol. The van der Waals surface area contributed by atoms with Gasteiger partial charge in [-0.3, -0.25) is 5.43 Å². The predicted octanol–water partition coefficient (Wildman–Crippen LogP) is 5.66. The molecule has 0 spiro atoms. The number of anilines is 1. The molecule has 0 aromatic heterocycles. The van der Waals surface area contributed by atoms with E-state index in [1.165, 1.54) is 0 Å². The Balaban J connectivity index is 2.21. The fourth-order valence-electron chi connectivity index (χ4n) is 1.36. The van der Waals surface area contributed by atoms with Crippen molar-refractivity contribution in [1.29, 1.82) is 0 Å². The summed E-state index contributed by atoms with van der Waals surface area (Å²) < 4.78 is 0. The third-order valence-electron chi connectivity index (χ3n) is 2.32. The number of hydrazone groups is 1. The zero-order chi connectivity index (χ0) is 13.8. The van der Waals surface area contributed by atoms with Crippen LogP contribution < -0.4 is 5.43 Å². The van der Waals surface area contributed by atoms with Gasteiger partial charge in [-0.25, -0.2) is 0 Å². The number of nitrogens with one attached hydrogen (secondary N) is 1. The molecule has 2 nitrogen and oxygen atoms in total. The van der Waals surface area contributed by atoms with Crippen LogP contribution in [0, 0.1) is 0 Å². The van der Waals surface area contributed by atoms with Crippen LogP contribution in [0.15, 0.2) is 47.6 Å². The Morgan fingerprint density at radius 2 is 1.58 bits per heavy atom. The number of hydrogen-bond acceptors (Lipinski definition) is 2. The van der Waals surface area contributed by atoms with Gasteiger partial charge in [-0.2, -0.15) is 5.10 Å². The minimum Gasteiger partial charge on any atom is -0.275 e. The van der Waals surface area contributed by atoms with E-state index in [0.29, 0.717) is 20.9 Å². The van der Waals surface area contributed by atoms with Gasteiger partial charge in [0.05, 0.1) is 20.8 Å². The minimum atomic E-state index is 0.277. The zero-order valence-electron chi connectivity index (χ0n) is 9.50. The summed E-state index contributed by atoms with van der Waals surface area (Å²) in [6.07, 6.45) is 0. The second kappa shape index (κ2) is 6.49. The topological polar surface area (TPSA) is 24.4 Å². The van der Waals surface area contributed by atoms with Crippen LogP contribution in [0.25, 0.3) is 0 Å². The maximum atomic E-state index is 6.06. The molecule has 0 aliphatic carbocycles. The van der Waals surface area contributed by atoms with Crippen LogP contribution in [0.1, 0.15) is 5.56 Å². The lowest BCUT2D eigenvalue weighted by molar-refractivity contribution is 1.34. The van der Waals surface area contributed by atoms with Gasteiger partial charge in [0.25, 0.3) is 0 Å². The molecule has 0 bridgehead atoms. The Bertz CT molecular complexity index is 612. The Kier molecular flexibility index (Phi) is 4.94. The van der Waals surface area contributed by atoms with Crippen LogP contribution in [0.3, 0.4) is 0 Å². The van der Waals surface area contributed by atoms with E-state index >= 15 is 0 Å². The molecule has 0 radical (unpaired) electrons. The largest absolute Gasteiger partial charge is 0.275 e. The smallest absolute Gasteiger partial charge is 0.156 e. The van der Waals surface area contributed by atoms with Crippen molar-refractivity contribution in [2.24, 2.45) is 5.10 Å².